The zero-order valence-corrected chi connectivity index (χ0v) is 13.5. The molecule has 0 aliphatic heterocycles. The quantitative estimate of drug-likeness (QED) is 0.626. The molecule has 0 bridgehead atoms. The lowest BCUT2D eigenvalue weighted by molar-refractivity contribution is -0.385. The predicted molar refractivity (Wildman–Crippen MR) is 88.3 cm³/mol. The molecular weight excluding hydrogens is 314 g/mol. The van der Waals surface area contributed by atoms with E-state index in [-0.39, 0.29) is 11.2 Å². The lowest BCUT2D eigenvalue weighted by Crippen LogP contribution is -2.42. The van der Waals surface area contributed by atoms with E-state index in [2.05, 4.69) is 10.3 Å². The second-order valence-corrected chi connectivity index (χ2v) is 6.77. The summed E-state index contributed by atoms with van der Waals surface area (Å²) >= 11 is 1.63. The van der Waals surface area contributed by atoms with E-state index in [4.69, 9.17) is 0 Å². The highest BCUT2D eigenvalue weighted by molar-refractivity contribution is 7.09. The van der Waals surface area contributed by atoms with Crippen LogP contribution in [0.15, 0.2) is 35.8 Å². The van der Waals surface area contributed by atoms with Gasteiger partial charge in [-0.1, -0.05) is 25.0 Å². The molecule has 0 amide bonds. The minimum atomic E-state index is -0.785. The van der Waals surface area contributed by atoms with Gasteiger partial charge in [-0.25, -0.2) is 4.98 Å². The smallest absolute Gasteiger partial charge is 0.269 e. The molecule has 1 aromatic heterocycles. The molecule has 1 atom stereocenters. The first-order chi connectivity index (χ1) is 11.1. The van der Waals surface area contributed by atoms with Crippen LogP contribution in [0.1, 0.15) is 42.4 Å². The summed E-state index contributed by atoms with van der Waals surface area (Å²) in [4.78, 5) is 14.8. The van der Waals surface area contributed by atoms with Crippen molar-refractivity contribution in [3.63, 3.8) is 0 Å². The normalized spacial score (nSPS) is 18.0. The fraction of sp³-hybridized carbons (Fsp3) is 0.438. The molecule has 1 saturated carbocycles. The molecule has 0 spiro atoms. The number of aliphatic hydroxyl groups is 1. The predicted octanol–water partition coefficient (Wildman–Crippen LogP) is 3.14. The number of aromatic nitrogens is 1. The molecule has 1 fully saturated rings. The van der Waals surface area contributed by atoms with Crippen LogP contribution in [0.3, 0.4) is 0 Å². The van der Waals surface area contributed by atoms with Crippen LogP contribution in [0, 0.1) is 10.1 Å². The summed E-state index contributed by atoms with van der Waals surface area (Å²) in [7, 11) is 0. The van der Waals surface area contributed by atoms with Gasteiger partial charge in [0.2, 0.25) is 0 Å². The molecule has 0 radical (unpaired) electrons. The number of hydrogen-bond acceptors (Lipinski definition) is 6. The number of thiazole rings is 1. The molecule has 1 aliphatic carbocycles. The first-order valence-corrected chi connectivity index (χ1v) is 8.56. The number of non-ortho nitro benzene ring substituents is 1. The van der Waals surface area contributed by atoms with Gasteiger partial charge in [-0.15, -0.1) is 11.3 Å². The van der Waals surface area contributed by atoms with Crippen molar-refractivity contribution in [2.24, 2.45) is 0 Å². The Hall–Kier alpha value is -1.83. The number of nitro groups is 1. The third-order valence-corrected chi connectivity index (χ3v) is 5.38. The zero-order chi connectivity index (χ0) is 16.3. The Balaban J connectivity index is 1.71. The Morgan fingerprint density at radius 3 is 2.87 bits per heavy atom. The van der Waals surface area contributed by atoms with E-state index in [1.54, 1.807) is 29.7 Å². The maximum absolute atomic E-state index is 10.9. The van der Waals surface area contributed by atoms with Crippen molar-refractivity contribution in [1.82, 2.24) is 10.3 Å². The van der Waals surface area contributed by atoms with Gasteiger partial charge in [0, 0.05) is 30.3 Å². The highest BCUT2D eigenvalue weighted by Gasteiger charge is 2.37. The minimum absolute atomic E-state index is 0.00273. The van der Waals surface area contributed by atoms with Crippen molar-refractivity contribution in [3.05, 3.63) is 56.5 Å². The number of nitro benzene ring substituents is 1. The van der Waals surface area contributed by atoms with Crippen molar-refractivity contribution >= 4 is 17.0 Å². The minimum Gasteiger partial charge on any atom is -0.387 e. The van der Waals surface area contributed by atoms with Gasteiger partial charge >= 0.3 is 0 Å². The zero-order valence-electron chi connectivity index (χ0n) is 12.6. The van der Waals surface area contributed by atoms with Gasteiger partial charge in [0.1, 0.15) is 5.01 Å². The molecule has 3 rings (SSSR count). The fourth-order valence-corrected chi connectivity index (χ4v) is 4.03. The Labute approximate surface area is 138 Å². The fourth-order valence-electron chi connectivity index (χ4n) is 3.16. The van der Waals surface area contributed by atoms with Crippen LogP contribution in [-0.2, 0) is 5.54 Å². The Kier molecular flexibility index (Phi) is 4.70. The van der Waals surface area contributed by atoms with Gasteiger partial charge in [0.15, 0.2) is 0 Å². The molecule has 122 valence electrons. The number of benzene rings is 1. The highest BCUT2D eigenvalue weighted by Crippen LogP contribution is 2.39. The maximum atomic E-state index is 10.9. The topological polar surface area (TPSA) is 88.3 Å². The molecule has 23 heavy (non-hydrogen) atoms. The maximum Gasteiger partial charge on any atom is 0.269 e. The standard InChI is InChI=1S/C16H19N3O3S/c20-14(12-4-3-5-13(10-12)19(21)22)11-18-16(6-1-2-7-16)15-17-8-9-23-15/h3-5,8-10,14,18,20H,1-2,6-7,11H2. The second kappa shape index (κ2) is 6.74. The van der Waals surface area contributed by atoms with Crippen molar-refractivity contribution in [1.29, 1.82) is 0 Å². The monoisotopic (exact) mass is 333 g/mol. The Morgan fingerprint density at radius 2 is 2.22 bits per heavy atom. The summed E-state index contributed by atoms with van der Waals surface area (Å²) in [5.74, 6) is 0. The molecule has 7 heteroatoms. The van der Waals surface area contributed by atoms with Gasteiger partial charge in [-0.3, -0.25) is 10.1 Å². The lowest BCUT2D eigenvalue weighted by atomic mass is 9.97. The summed E-state index contributed by atoms with van der Waals surface area (Å²) in [5, 5.41) is 27.7. The van der Waals surface area contributed by atoms with E-state index >= 15 is 0 Å². The largest absolute Gasteiger partial charge is 0.387 e. The van der Waals surface area contributed by atoms with Gasteiger partial charge in [-0.2, -0.15) is 0 Å². The van der Waals surface area contributed by atoms with Gasteiger partial charge < -0.3 is 10.4 Å². The summed E-state index contributed by atoms with van der Waals surface area (Å²) in [6.07, 6.45) is 5.30. The van der Waals surface area contributed by atoms with Crippen LogP contribution in [0.2, 0.25) is 0 Å². The van der Waals surface area contributed by atoms with Crippen LogP contribution in [0.25, 0.3) is 0 Å². The van der Waals surface area contributed by atoms with Crippen LogP contribution >= 0.6 is 11.3 Å². The van der Waals surface area contributed by atoms with Crippen LogP contribution in [0.5, 0.6) is 0 Å². The molecule has 0 saturated heterocycles. The number of nitrogens with zero attached hydrogens (tertiary/aromatic N) is 2. The molecule has 6 nitrogen and oxygen atoms in total. The molecule has 1 aliphatic rings. The van der Waals surface area contributed by atoms with E-state index < -0.39 is 11.0 Å². The van der Waals surface area contributed by atoms with Crippen molar-refractivity contribution in [3.8, 4) is 0 Å². The van der Waals surface area contributed by atoms with E-state index in [0.717, 1.165) is 30.7 Å². The number of nitrogens with one attached hydrogen (secondary N) is 1. The molecule has 2 aromatic rings. The number of hydrogen-bond donors (Lipinski definition) is 2. The molecule has 1 unspecified atom stereocenters. The summed E-state index contributed by atoms with van der Waals surface area (Å²) < 4.78 is 0. The van der Waals surface area contributed by atoms with Crippen molar-refractivity contribution in [2.45, 2.75) is 37.3 Å². The van der Waals surface area contributed by atoms with Crippen LogP contribution in [-0.4, -0.2) is 21.6 Å². The van der Waals surface area contributed by atoms with Crippen LogP contribution in [0.4, 0.5) is 5.69 Å². The van der Waals surface area contributed by atoms with E-state index in [0.29, 0.717) is 12.1 Å². The molecule has 1 heterocycles. The van der Waals surface area contributed by atoms with Crippen molar-refractivity contribution in [2.75, 3.05) is 6.54 Å². The molecule has 2 N–H and O–H groups in total. The van der Waals surface area contributed by atoms with Crippen LogP contribution < -0.4 is 5.32 Å². The summed E-state index contributed by atoms with van der Waals surface area (Å²) in [5.41, 5.74) is 0.381. The Morgan fingerprint density at radius 1 is 1.43 bits per heavy atom. The van der Waals surface area contributed by atoms with Gasteiger partial charge in [-0.05, 0) is 18.4 Å². The summed E-state index contributed by atoms with van der Waals surface area (Å²) in [6, 6.07) is 6.17. The third kappa shape index (κ3) is 3.41. The third-order valence-electron chi connectivity index (χ3n) is 4.40. The first-order valence-electron chi connectivity index (χ1n) is 7.68. The van der Waals surface area contributed by atoms with E-state index in [1.807, 2.05) is 5.38 Å². The SMILES string of the molecule is O=[N+]([O-])c1cccc(C(O)CNC2(c3nccs3)CCCC2)c1. The van der Waals surface area contributed by atoms with E-state index in [1.165, 1.54) is 12.1 Å². The van der Waals surface area contributed by atoms with Gasteiger partial charge in [0.25, 0.3) is 5.69 Å². The summed E-state index contributed by atoms with van der Waals surface area (Å²) in [6.45, 7) is 0.348. The van der Waals surface area contributed by atoms with Gasteiger partial charge in [0.05, 0.1) is 16.6 Å². The number of rotatable bonds is 6. The highest BCUT2D eigenvalue weighted by atomic mass is 32.1. The first kappa shape index (κ1) is 16.0. The van der Waals surface area contributed by atoms with E-state index in [9.17, 15) is 15.2 Å². The molecule has 1 aromatic carbocycles. The average molecular weight is 333 g/mol. The number of aliphatic hydroxyl groups excluding tert-OH is 1. The van der Waals surface area contributed by atoms with Crippen molar-refractivity contribution < 1.29 is 10.0 Å². The average Bonchev–Trinajstić information content (AvgIpc) is 3.24. The second-order valence-electron chi connectivity index (χ2n) is 5.88. The Bertz CT molecular complexity index is 669. The molecular formula is C16H19N3O3S. The lowest BCUT2D eigenvalue weighted by Gasteiger charge is -2.29.